The van der Waals surface area contributed by atoms with Gasteiger partial charge < -0.3 is 10.5 Å². The summed E-state index contributed by atoms with van der Waals surface area (Å²) in [7, 11) is 0. The summed E-state index contributed by atoms with van der Waals surface area (Å²) < 4.78 is 7.27. The second kappa shape index (κ2) is 3.78. The van der Waals surface area contributed by atoms with Gasteiger partial charge in [-0.1, -0.05) is 0 Å². The molecule has 0 atom stereocenters. The van der Waals surface area contributed by atoms with Gasteiger partial charge in [-0.3, -0.25) is 0 Å². The van der Waals surface area contributed by atoms with Gasteiger partial charge >= 0.3 is 0 Å². The minimum Gasteiger partial charge on any atom is -0.478 e. The van der Waals surface area contributed by atoms with Crippen LogP contribution in [0.2, 0.25) is 0 Å². The predicted octanol–water partition coefficient (Wildman–Crippen LogP) is 0.546. The van der Waals surface area contributed by atoms with Gasteiger partial charge in [-0.05, 0) is 0 Å². The zero-order chi connectivity index (χ0) is 7.68. The van der Waals surface area contributed by atoms with Crippen LogP contribution in [0.15, 0.2) is 6.20 Å². The van der Waals surface area contributed by atoms with Gasteiger partial charge in [0, 0.05) is 25.1 Å². The van der Waals surface area contributed by atoms with Crippen molar-refractivity contribution in [2.24, 2.45) is 5.73 Å². The smallest absolute Gasteiger partial charge is 0.216 e. The van der Waals surface area contributed by atoms with E-state index in [2.05, 4.69) is 5.10 Å². The lowest BCUT2D eigenvalue weighted by Gasteiger charge is -2.15. The fourth-order valence-corrected chi connectivity index (χ4v) is 1.26. The summed E-state index contributed by atoms with van der Waals surface area (Å²) in [5.74, 6) is 0.860. The third-order valence-corrected chi connectivity index (χ3v) is 1.84. The van der Waals surface area contributed by atoms with Crippen LogP contribution in [-0.4, -0.2) is 16.4 Å². The normalized spacial score (nSPS) is 14.4. The van der Waals surface area contributed by atoms with Crippen molar-refractivity contribution in [2.45, 2.75) is 19.5 Å². The van der Waals surface area contributed by atoms with Crippen molar-refractivity contribution in [2.75, 3.05) is 6.61 Å². The first-order valence-corrected chi connectivity index (χ1v) is 3.79. The SMILES string of the molecule is Cl.NCc1cnn2c1OCCC2. The maximum Gasteiger partial charge on any atom is 0.216 e. The number of nitrogens with zero attached hydrogens (tertiary/aromatic N) is 2. The van der Waals surface area contributed by atoms with Crippen molar-refractivity contribution >= 4 is 12.4 Å². The largest absolute Gasteiger partial charge is 0.478 e. The fraction of sp³-hybridized carbons (Fsp3) is 0.571. The highest BCUT2D eigenvalue weighted by atomic mass is 35.5. The average Bonchev–Trinajstić information content (AvgIpc) is 2.47. The Morgan fingerprint density at radius 3 is 3.25 bits per heavy atom. The minimum atomic E-state index is 0. The van der Waals surface area contributed by atoms with Crippen molar-refractivity contribution in [3.05, 3.63) is 11.8 Å². The molecule has 0 spiro atoms. The highest BCUT2D eigenvalue weighted by Gasteiger charge is 2.14. The van der Waals surface area contributed by atoms with Crippen molar-refractivity contribution in [3.8, 4) is 5.88 Å². The van der Waals surface area contributed by atoms with Crippen molar-refractivity contribution in [1.29, 1.82) is 0 Å². The van der Waals surface area contributed by atoms with E-state index in [1.54, 1.807) is 6.20 Å². The third kappa shape index (κ3) is 1.40. The molecule has 1 aromatic heterocycles. The van der Waals surface area contributed by atoms with Crippen LogP contribution in [0, 0.1) is 0 Å². The Hall–Kier alpha value is -0.740. The molecule has 0 bridgehead atoms. The Morgan fingerprint density at radius 2 is 2.50 bits per heavy atom. The molecular weight excluding hydrogens is 178 g/mol. The first-order valence-electron chi connectivity index (χ1n) is 3.79. The number of nitrogens with two attached hydrogens (primary N) is 1. The number of halogens is 1. The van der Waals surface area contributed by atoms with Crippen LogP contribution in [0.1, 0.15) is 12.0 Å². The summed E-state index contributed by atoms with van der Waals surface area (Å²) in [6.45, 7) is 2.25. The zero-order valence-corrected chi connectivity index (χ0v) is 7.51. The first kappa shape index (κ1) is 9.35. The van der Waals surface area contributed by atoms with E-state index >= 15 is 0 Å². The maximum atomic E-state index is 5.49. The van der Waals surface area contributed by atoms with Crippen LogP contribution in [0.5, 0.6) is 5.88 Å². The van der Waals surface area contributed by atoms with Gasteiger partial charge in [-0.15, -0.1) is 12.4 Å². The number of hydrogen-bond acceptors (Lipinski definition) is 3. The monoisotopic (exact) mass is 189 g/mol. The number of aromatic nitrogens is 2. The van der Waals surface area contributed by atoms with Crippen LogP contribution in [0.25, 0.3) is 0 Å². The molecular formula is C7H12ClN3O. The van der Waals surface area contributed by atoms with Gasteiger partial charge in [0.1, 0.15) is 0 Å². The third-order valence-electron chi connectivity index (χ3n) is 1.84. The molecule has 1 aliphatic heterocycles. The lowest BCUT2D eigenvalue weighted by molar-refractivity contribution is 0.228. The Bertz CT molecular complexity index is 248. The molecule has 1 aliphatic rings. The Morgan fingerprint density at radius 1 is 1.67 bits per heavy atom. The summed E-state index contributed by atoms with van der Waals surface area (Å²) in [5.41, 5.74) is 6.49. The van der Waals surface area contributed by atoms with Crippen LogP contribution in [0.4, 0.5) is 0 Å². The van der Waals surface area contributed by atoms with E-state index in [-0.39, 0.29) is 12.4 Å². The summed E-state index contributed by atoms with van der Waals surface area (Å²) in [5, 5.41) is 4.14. The minimum absolute atomic E-state index is 0. The quantitative estimate of drug-likeness (QED) is 0.702. The van der Waals surface area contributed by atoms with Gasteiger partial charge in [0.05, 0.1) is 12.8 Å². The molecule has 4 nitrogen and oxygen atoms in total. The summed E-state index contributed by atoms with van der Waals surface area (Å²) in [6.07, 6.45) is 2.82. The van der Waals surface area contributed by atoms with Gasteiger partial charge in [0.25, 0.3) is 0 Å². The van der Waals surface area contributed by atoms with Gasteiger partial charge in [0.15, 0.2) is 0 Å². The topological polar surface area (TPSA) is 53.1 Å². The van der Waals surface area contributed by atoms with E-state index in [0.717, 1.165) is 31.0 Å². The molecule has 0 radical (unpaired) electrons. The maximum absolute atomic E-state index is 5.49. The molecule has 1 aromatic rings. The number of ether oxygens (including phenoxy) is 1. The summed E-state index contributed by atoms with van der Waals surface area (Å²) in [4.78, 5) is 0. The molecule has 2 heterocycles. The molecule has 12 heavy (non-hydrogen) atoms. The molecule has 0 aliphatic carbocycles. The predicted molar refractivity (Wildman–Crippen MR) is 47.5 cm³/mol. The van der Waals surface area contributed by atoms with E-state index in [0.29, 0.717) is 6.54 Å². The van der Waals surface area contributed by atoms with Gasteiger partial charge in [0.2, 0.25) is 5.88 Å². The van der Waals surface area contributed by atoms with Crippen LogP contribution in [-0.2, 0) is 13.1 Å². The van der Waals surface area contributed by atoms with Gasteiger partial charge in [-0.2, -0.15) is 5.10 Å². The molecule has 0 aromatic carbocycles. The zero-order valence-electron chi connectivity index (χ0n) is 6.69. The highest BCUT2D eigenvalue weighted by Crippen LogP contribution is 2.21. The molecule has 0 amide bonds. The summed E-state index contributed by atoms with van der Waals surface area (Å²) >= 11 is 0. The van der Waals surface area contributed by atoms with E-state index in [1.807, 2.05) is 4.68 Å². The van der Waals surface area contributed by atoms with Crippen molar-refractivity contribution in [1.82, 2.24) is 9.78 Å². The van der Waals surface area contributed by atoms with Gasteiger partial charge in [-0.25, -0.2) is 4.68 Å². The Balaban J connectivity index is 0.000000720. The van der Waals surface area contributed by atoms with E-state index in [4.69, 9.17) is 10.5 Å². The fourth-order valence-electron chi connectivity index (χ4n) is 1.26. The molecule has 0 fully saturated rings. The Labute approximate surface area is 77.1 Å². The van der Waals surface area contributed by atoms with Crippen molar-refractivity contribution in [3.63, 3.8) is 0 Å². The first-order chi connectivity index (χ1) is 5.42. The van der Waals surface area contributed by atoms with Crippen LogP contribution in [0.3, 0.4) is 0 Å². The lowest BCUT2D eigenvalue weighted by Crippen LogP contribution is -2.15. The summed E-state index contributed by atoms with van der Waals surface area (Å²) in [6, 6.07) is 0. The molecule has 0 unspecified atom stereocenters. The van der Waals surface area contributed by atoms with E-state index in [1.165, 1.54) is 0 Å². The lowest BCUT2D eigenvalue weighted by atomic mass is 10.3. The highest BCUT2D eigenvalue weighted by molar-refractivity contribution is 5.85. The van der Waals surface area contributed by atoms with Crippen LogP contribution >= 0.6 is 12.4 Å². The number of fused-ring (bicyclic) bond motifs is 1. The molecule has 2 rings (SSSR count). The number of hydrogen-bond donors (Lipinski definition) is 1. The molecule has 2 N–H and O–H groups in total. The molecule has 5 heteroatoms. The van der Waals surface area contributed by atoms with E-state index in [9.17, 15) is 0 Å². The van der Waals surface area contributed by atoms with Crippen molar-refractivity contribution < 1.29 is 4.74 Å². The second-order valence-electron chi connectivity index (χ2n) is 2.60. The second-order valence-corrected chi connectivity index (χ2v) is 2.60. The van der Waals surface area contributed by atoms with E-state index < -0.39 is 0 Å². The van der Waals surface area contributed by atoms with Crippen LogP contribution < -0.4 is 10.5 Å². The standard InChI is InChI=1S/C7H11N3O.ClH/c8-4-6-5-9-10-2-1-3-11-7(6)10;/h5H,1-4,8H2;1H. The molecule has 0 saturated carbocycles. The molecule has 68 valence electrons. The Kier molecular flexibility index (Phi) is 2.94. The molecule has 0 saturated heterocycles. The number of aryl methyl sites for hydroxylation is 1. The number of rotatable bonds is 1. The average molecular weight is 190 g/mol.